The van der Waals surface area contributed by atoms with Gasteiger partial charge in [0.05, 0.1) is 17.4 Å². The number of nitrogens with one attached hydrogen (secondary N) is 1. The van der Waals surface area contributed by atoms with Gasteiger partial charge in [0.25, 0.3) is 5.56 Å². The van der Waals surface area contributed by atoms with Crippen LogP contribution in [0.2, 0.25) is 0 Å². The SMILES string of the molecule is CCn1c(=O)c2c(C)[nH]nc2c2ccc(C#CCN3CCCC3)cc21. The van der Waals surface area contributed by atoms with Crippen LogP contribution in [0.1, 0.15) is 31.0 Å². The van der Waals surface area contributed by atoms with Gasteiger partial charge in [-0.15, -0.1) is 0 Å². The van der Waals surface area contributed by atoms with Gasteiger partial charge in [0, 0.05) is 23.2 Å². The maximum Gasteiger partial charge on any atom is 0.262 e. The highest BCUT2D eigenvalue weighted by molar-refractivity contribution is 6.04. The average molecular weight is 334 g/mol. The van der Waals surface area contributed by atoms with Crippen molar-refractivity contribution in [2.75, 3.05) is 19.6 Å². The maximum atomic E-state index is 12.8. The Bertz CT molecular complexity index is 1060. The van der Waals surface area contributed by atoms with Crippen molar-refractivity contribution in [1.82, 2.24) is 19.7 Å². The lowest BCUT2D eigenvalue weighted by atomic mass is 10.1. The number of rotatable bonds is 2. The van der Waals surface area contributed by atoms with E-state index in [1.165, 1.54) is 12.8 Å². The summed E-state index contributed by atoms with van der Waals surface area (Å²) in [5.74, 6) is 6.52. The number of aromatic amines is 1. The number of hydrogen-bond acceptors (Lipinski definition) is 3. The van der Waals surface area contributed by atoms with Crippen LogP contribution >= 0.6 is 0 Å². The summed E-state index contributed by atoms with van der Waals surface area (Å²) in [6.45, 7) is 7.63. The third kappa shape index (κ3) is 2.73. The lowest BCUT2D eigenvalue weighted by Crippen LogP contribution is -2.20. The van der Waals surface area contributed by atoms with E-state index in [1.807, 2.05) is 36.6 Å². The maximum absolute atomic E-state index is 12.8. The fourth-order valence-corrected chi connectivity index (χ4v) is 3.67. The molecule has 25 heavy (non-hydrogen) atoms. The number of H-pyrrole nitrogens is 1. The van der Waals surface area contributed by atoms with E-state index in [-0.39, 0.29) is 5.56 Å². The van der Waals surface area contributed by atoms with Crippen molar-refractivity contribution in [3.8, 4) is 11.8 Å². The molecule has 1 aliphatic rings. The molecule has 2 aromatic heterocycles. The molecule has 0 atom stereocenters. The highest BCUT2D eigenvalue weighted by Gasteiger charge is 2.14. The smallest absolute Gasteiger partial charge is 0.262 e. The first-order chi connectivity index (χ1) is 12.2. The summed E-state index contributed by atoms with van der Waals surface area (Å²) in [7, 11) is 0. The highest BCUT2D eigenvalue weighted by atomic mass is 16.1. The summed E-state index contributed by atoms with van der Waals surface area (Å²) in [4.78, 5) is 15.2. The number of aromatic nitrogens is 3. The van der Waals surface area contributed by atoms with Crippen molar-refractivity contribution in [2.45, 2.75) is 33.2 Å². The van der Waals surface area contributed by atoms with Crippen LogP contribution in [0.4, 0.5) is 0 Å². The van der Waals surface area contributed by atoms with E-state index in [1.54, 1.807) is 0 Å². The Morgan fingerprint density at radius 2 is 2.08 bits per heavy atom. The zero-order valence-corrected chi connectivity index (χ0v) is 14.7. The molecule has 0 radical (unpaired) electrons. The molecule has 1 fully saturated rings. The number of likely N-dealkylation sites (tertiary alicyclic amines) is 1. The quantitative estimate of drug-likeness (QED) is 0.733. The molecule has 3 heterocycles. The molecule has 0 spiro atoms. The zero-order valence-electron chi connectivity index (χ0n) is 14.7. The number of fused-ring (bicyclic) bond motifs is 3. The molecule has 0 unspecified atom stereocenters. The van der Waals surface area contributed by atoms with Gasteiger partial charge < -0.3 is 4.57 Å². The van der Waals surface area contributed by atoms with Gasteiger partial charge in [-0.1, -0.05) is 11.8 Å². The summed E-state index contributed by atoms with van der Waals surface area (Å²) in [6.07, 6.45) is 2.55. The monoisotopic (exact) mass is 334 g/mol. The summed E-state index contributed by atoms with van der Waals surface area (Å²) in [6, 6.07) is 6.07. The van der Waals surface area contributed by atoms with Gasteiger partial charge in [-0.25, -0.2) is 0 Å². The van der Waals surface area contributed by atoms with Crippen molar-refractivity contribution in [3.63, 3.8) is 0 Å². The largest absolute Gasteiger partial charge is 0.308 e. The summed E-state index contributed by atoms with van der Waals surface area (Å²) in [5, 5.41) is 8.96. The Labute approximate surface area is 146 Å². The molecule has 5 heteroatoms. The predicted octanol–water partition coefficient (Wildman–Crippen LogP) is 2.65. The fourth-order valence-electron chi connectivity index (χ4n) is 3.67. The van der Waals surface area contributed by atoms with Gasteiger partial charge >= 0.3 is 0 Å². The first kappa shape index (κ1) is 15.9. The van der Waals surface area contributed by atoms with E-state index in [4.69, 9.17) is 0 Å². The summed E-state index contributed by atoms with van der Waals surface area (Å²) >= 11 is 0. The Morgan fingerprint density at radius 3 is 2.84 bits per heavy atom. The third-order valence-electron chi connectivity index (χ3n) is 5.00. The Morgan fingerprint density at radius 1 is 1.28 bits per heavy atom. The molecule has 1 saturated heterocycles. The zero-order chi connectivity index (χ0) is 17.4. The molecule has 3 aromatic rings. The molecule has 1 aromatic carbocycles. The van der Waals surface area contributed by atoms with E-state index >= 15 is 0 Å². The van der Waals surface area contributed by atoms with Crippen LogP contribution in [0.25, 0.3) is 21.8 Å². The molecule has 0 saturated carbocycles. The molecule has 0 aliphatic carbocycles. The van der Waals surface area contributed by atoms with Crippen molar-refractivity contribution in [2.24, 2.45) is 0 Å². The van der Waals surface area contributed by atoms with E-state index in [9.17, 15) is 4.79 Å². The minimum absolute atomic E-state index is 0.0124. The lowest BCUT2D eigenvalue weighted by Gasteiger charge is -2.10. The highest BCUT2D eigenvalue weighted by Crippen LogP contribution is 2.23. The number of aryl methyl sites for hydroxylation is 2. The number of pyridine rings is 1. The molecule has 5 nitrogen and oxygen atoms in total. The van der Waals surface area contributed by atoms with Crippen molar-refractivity contribution >= 4 is 21.8 Å². The second-order valence-electron chi connectivity index (χ2n) is 6.64. The third-order valence-corrected chi connectivity index (χ3v) is 5.00. The summed E-state index contributed by atoms with van der Waals surface area (Å²) < 4.78 is 1.81. The van der Waals surface area contributed by atoms with Gasteiger partial charge in [0.15, 0.2) is 0 Å². The molecule has 0 amide bonds. The molecular formula is C20H22N4O. The van der Waals surface area contributed by atoms with E-state index in [2.05, 4.69) is 26.9 Å². The Balaban J connectivity index is 1.81. The first-order valence-corrected chi connectivity index (χ1v) is 8.91. The lowest BCUT2D eigenvalue weighted by molar-refractivity contribution is 0.383. The number of nitrogens with zero attached hydrogens (tertiary/aromatic N) is 3. The topological polar surface area (TPSA) is 53.9 Å². The van der Waals surface area contributed by atoms with Gasteiger partial charge in [0.1, 0.15) is 5.52 Å². The van der Waals surface area contributed by atoms with E-state index < -0.39 is 0 Å². The van der Waals surface area contributed by atoms with E-state index in [0.29, 0.717) is 11.9 Å². The van der Waals surface area contributed by atoms with Gasteiger partial charge in [0.2, 0.25) is 0 Å². The van der Waals surface area contributed by atoms with Crippen LogP contribution in [-0.4, -0.2) is 39.3 Å². The molecule has 128 valence electrons. The van der Waals surface area contributed by atoms with Crippen LogP contribution in [-0.2, 0) is 6.54 Å². The molecule has 4 rings (SSSR count). The van der Waals surface area contributed by atoms with Crippen molar-refractivity contribution in [1.29, 1.82) is 0 Å². The van der Waals surface area contributed by atoms with Gasteiger partial charge in [-0.3, -0.25) is 14.8 Å². The van der Waals surface area contributed by atoms with Gasteiger partial charge in [-0.2, -0.15) is 5.10 Å². The molecule has 1 aliphatic heterocycles. The van der Waals surface area contributed by atoms with E-state index in [0.717, 1.165) is 47.3 Å². The van der Waals surface area contributed by atoms with Crippen LogP contribution in [0.5, 0.6) is 0 Å². The van der Waals surface area contributed by atoms with Crippen molar-refractivity contribution < 1.29 is 0 Å². The van der Waals surface area contributed by atoms with Crippen LogP contribution < -0.4 is 5.56 Å². The minimum atomic E-state index is 0.0124. The minimum Gasteiger partial charge on any atom is -0.308 e. The Hall–Kier alpha value is -2.58. The Kier molecular flexibility index (Phi) is 4.06. The summed E-state index contributed by atoms with van der Waals surface area (Å²) in [5.41, 5.74) is 3.43. The van der Waals surface area contributed by atoms with Crippen LogP contribution in [0.3, 0.4) is 0 Å². The van der Waals surface area contributed by atoms with Crippen LogP contribution in [0, 0.1) is 18.8 Å². The first-order valence-electron chi connectivity index (χ1n) is 8.91. The van der Waals surface area contributed by atoms with Crippen LogP contribution in [0.15, 0.2) is 23.0 Å². The fraction of sp³-hybridized carbons (Fsp3) is 0.400. The number of benzene rings is 1. The van der Waals surface area contributed by atoms with Gasteiger partial charge in [-0.05, 0) is 58.0 Å². The van der Waals surface area contributed by atoms with Crippen molar-refractivity contribution in [3.05, 3.63) is 39.8 Å². The molecule has 1 N–H and O–H groups in total. The number of hydrogen-bond donors (Lipinski definition) is 1. The predicted molar refractivity (Wildman–Crippen MR) is 101 cm³/mol. The average Bonchev–Trinajstić information content (AvgIpc) is 3.25. The normalized spacial score (nSPS) is 15.0. The molecule has 0 bridgehead atoms. The second kappa shape index (κ2) is 6.38. The standard InChI is InChI=1S/C20H22N4O/c1-3-24-17-13-15(7-6-12-23-10-4-5-11-23)8-9-16(17)19-18(20(24)25)14(2)21-22-19/h8-9,13H,3-5,10-12H2,1-2H3,(H,21,22). The second-order valence-corrected chi connectivity index (χ2v) is 6.64. The molecular weight excluding hydrogens is 312 g/mol.